The SMILES string of the molecule is CC1=C(c2nc(-c3cccc(F)c3)no2)C(c2ccc(F)cc2)NC(=S)N1CCCOC(C)C. The molecule has 1 unspecified atom stereocenters. The maximum Gasteiger partial charge on any atom is 0.258 e. The van der Waals surface area contributed by atoms with Crippen LogP contribution in [0.3, 0.4) is 0 Å². The molecule has 1 aromatic heterocycles. The molecule has 0 fully saturated rings. The van der Waals surface area contributed by atoms with Gasteiger partial charge in [-0.3, -0.25) is 0 Å². The fourth-order valence-electron chi connectivity index (χ4n) is 3.85. The van der Waals surface area contributed by atoms with Crippen LogP contribution < -0.4 is 5.32 Å². The topological polar surface area (TPSA) is 63.4 Å². The monoisotopic (exact) mass is 484 g/mol. The molecule has 0 aliphatic carbocycles. The lowest BCUT2D eigenvalue weighted by molar-refractivity contribution is 0.0749. The number of hydrogen-bond acceptors (Lipinski definition) is 5. The van der Waals surface area contributed by atoms with Crippen LogP contribution in [0, 0.1) is 11.6 Å². The minimum Gasteiger partial charge on any atom is -0.379 e. The van der Waals surface area contributed by atoms with Gasteiger partial charge in [0, 0.05) is 24.4 Å². The van der Waals surface area contributed by atoms with Crippen LogP contribution in [0.2, 0.25) is 0 Å². The molecule has 178 valence electrons. The summed E-state index contributed by atoms with van der Waals surface area (Å²) in [6.07, 6.45) is 0.922. The Balaban J connectivity index is 1.71. The number of benzene rings is 2. The van der Waals surface area contributed by atoms with Gasteiger partial charge in [-0.15, -0.1) is 0 Å². The van der Waals surface area contributed by atoms with Crippen LogP contribution in [0.5, 0.6) is 0 Å². The molecular formula is C25H26F2N4O2S. The molecule has 2 heterocycles. The predicted molar refractivity (Wildman–Crippen MR) is 130 cm³/mol. The first-order valence-corrected chi connectivity index (χ1v) is 11.5. The van der Waals surface area contributed by atoms with Gasteiger partial charge in [-0.05, 0) is 69.2 Å². The average Bonchev–Trinajstić information content (AvgIpc) is 3.28. The van der Waals surface area contributed by atoms with E-state index in [9.17, 15) is 8.78 Å². The van der Waals surface area contributed by atoms with Crippen LogP contribution in [0.25, 0.3) is 17.0 Å². The van der Waals surface area contributed by atoms with E-state index in [1.165, 1.54) is 24.3 Å². The summed E-state index contributed by atoms with van der Waals surface area (Å²) in [5, 5.41) is 7.96. The number of ether oxygens (including phenoxy) is 1. The van der Waals surface area contributed by atoms with Crippen molar-refractivity contribution in [1.82, 2.24) is 20.4 Å². The quantitative estimate of drug-likeness (QED) is 0.335. The Morgan fingerprint density at radius 3 is 2.62 bits per heavy atom. The summed E-state index contributed by atoms with van der Waals surface area (Å²) in [7, 11) is 0. The predicted octanol–water partition coefficient (Wildman–Crippen LogP) is 5.49. The van der Waals surface area contributed by atoms with Crippen molar-refractivity contribution in [1.29, 1.82) is 0 Å². The van der Waals surface area contributed by atoms with Gasteiger partial charge in [0.05, 0.1) is 17.7 Å². The Morgan fingerprint density at radius 1 is 1.15 bits per heavy atom. The van der Waals surface area contributed by atoms with E-state index in [-0.39, 0.29) is 29.5 Å². The molecule has 9 heteroatoms. The van der Waals surface area contributed by atoms with E-state index >= 15 is 0 Å². The molecule has 0 amide bonds. The van der Waals surface area contributed by atoms with Crippen molar-refractivity contribution in [3.63, 3.8) is 0 Å². The number of aromatic nitrogens is 2. The van der Waals surface area contributed by atoms with Gasteiger partial charge in [0.2, 0.25) is 5.82 Å². The highest BCUT2D eigenvalue weighted by Gasteiger charge is 2.34. The number of hydrogen-bond donors (Lipinski definition) is 1. The van der Waals surface area contributed by atoms with Crippen LogP contribution in [-0.2, 0) is 4.74 Å². The van der Waals surface area contributed by atoms with Gasteiger partial charge in [0.1, 0.15) is 11.6 Å². The summed E-state index contributed by atoms with van der Waals surface area (Å²) >= 11 is 5.66. The summed E-state index contributed by atoms with van der Waals surface area (Å²) in [6, 6.07) is 11.8. The van der Waals surface area contributed by atoms with Gasteiger partial charge in [-0.1, -0.05) is 29.4 Å². The normalized spacial score (nSPS) is 16.4. The Kier molecular flexibility index (Phi) is 7.33. The zero-order chi connectivity index (χ0) is 24.2. The van der Waals surface area contributed by atoms with E-state index in [1.54, 1.807) is 24.3 Å². The summed E-state index contributed by atoms with van der Waals surface area (Å²) in [6.45, 7) is 7.17. The highest BCUT2D eigenvalue weighted by atomic mass is 32.1. The highest BCUT2D eigenvalue weighted by Crippen LogP contribution is 2.37. The van der Waals surface area contributed by atoms with E-state index in [4.69, 9.17) is 21.5 Å². The van der Waals surface area contributed by atoms with Crippen LogP contribution >= 0.6 is 12.2 Å². The number of rotatable bonds is 8. The second kappa shape index (κ2) is 10.4. The van der Waals surface area contributed by atoms with E-state index < -0.39 is 6.04 Å². The van der Waals surface area contributed by atoms with Crippen molar-refractivity contribution in [3.05, 3.63) is 77.3 Å². The molecule has 1 atom stereocenters. The highest BCUT2D eigenvalue weighted by molar-refractivity contribution is 7.80. The van der Waals surface area contributed by atoms with Crippen molar-refractivity contribution >= 4 is 22.9 Å². The maximum atomic E-state index is 13.7. The van der Waals surface area contributed by atoms with Crippen molar-refractivity contribution in [2.75, 3.05) is 13.2 Å². The second-order valence-corrected chi connectivity index (χ2v) is 8.68. The van der Waals surface area contributed by atoms with Gasteiger partial charge in [-0.25, -0.2) is 8.78 Å². The molecule has 0 saturated carbocycles. The van der Waals surface area contributed by atoms with Gasteiger partial charge in [-0.2, -0.15) is 4.98 Å². The lowest BCUT2D eigenvalue weighted by Gasteiger charge is -2.37. The Bertz CT molecular complexity index is 1190. The second-order valence-electron chi connectivity index (χ2n) is 8.29. The van der Waals surface area contributed by atoms with Crippen molar-refractivity contribution in [2.45, 2.75) is 39.3 Å². The van der Waals surface area contributed by atoms with Crippen molar-refractivity contribution < 1.29 is 18.0 Å². The number of nitrogens with zero attached hydrogens (tertiary/aromatic N) is 3. The largest absolute Gasteiger partial charge is 0.379 e. The number of allylic oxidation sites excluding steroid dienone is 1. The molecule has 0 bridgehead atoms. The van der Waals surface area contributed by atoms with Crippen LogP contribution in [-0.4, -0.2) is 39.4 Å². The number of nitrogens with one attached hydrogen (secondary N) is 1. The maximum absolute atomic E-state index is 13.7. The average molecular weight is 485 g/mol. The lowest BCUT2D eigenvalue weighted by atomic mass is 9.94. The Labute approximate surface area is 202 Å². The van der Waals surface area contributed by atoms with Crippen LogP contribution in [0.4, 0.5) is 8.78 Å². The molecule has 2 aromatic carbocycles. The molecule has 1 N–H and O–H groups in total. The fraction of sp³-hybridized carbons (Fsp3) is 0.320. The minimum atomic E-state index is -0.419. The Hall–Kier alpha value is -3.17. The summed E-state index contributed by atoms with van der Waals surface area (Å²) < 4.78 is 38.6. The standard InChI is InChI=1S/C25H26F2N4O2S/c1-15(2)32-13-5-12-31-16(3)21(22(28-25(31)34)17-8-10-19(26)11-9-17)24-29-23(30-33-24)18-6-4-7-20(27)14-18/h4,6-11,14-15,22H,5,12-13H2,1-3H3,(H,28,34). The molecule has 6 nitrogen and oxygen atoms in total. The molecule has 3 aromatic rings. The smallest absolute Gasteiger partial charge is 0.258 e. The summed E-state index contributed by atoms with van der Waals surface area (Å²) in [4.78, 5) is 6.53. The van der Waals surface area contributed by atoms with E-state index in [0.29, 0.717) is 23.8 Å². The third kappa shape index (κ3) is 5.31. The number of thiocarbonyl (C=S) groups is 1. The summed E-state index contributed by atoms with van der Waals surface area (Å²) in [5.74, 6) is -0.160. The van der Waals surface area contributed by atoms with Crippen LogP contribution in [0.15, 0.2) is 58.8 Å². The lowest BCUT2D eigenvalue weighted by Crippen LogP contribution is -2.46. The first-order chi connectivity index (χ1) is 16.3. The zero-order valence-corrected chi connectivity index (χ0v) is 20.0. The molecule has 4 rings (SSSR count). The molecule has 0 saturated heterocycles. The molecule has 0 spiro atoms. The van der Waals surface area contributed by atoms with Crippen molar-refractivity contribution in [3.8, 4) is 11.4 Å². The first-order valence-electron chi connectivity index (χ1n) is 11.1. The van der Waals surface area contributed by atoms with Gasteiger partial charge in [0.15, 0.2) is 5.11 Å². The third-order valence-corrected chi connectivity index (χ3v) is 5.85. The molecule has 1 aliphatic rings. The zero-order valence-electron chi connectivity index (χ0n) is 19.2. The van der Waals surface area contributed by atoms with Crippen LogP contribution in [0.1, 0.15) is 44.7 Å². The van der Waals surface area contributed by atoms with Gasteiger partial charge < -0.3 is 19.5 Å². The minimum absolute atomic E-state index is 0.154. The van der Waals surface area contributed by atoms with E-state index in [0.717, 1.165) is 23.3 Å². The van der Waals surface area contributed by atoms with Gasteiger partial charge >= 0.3 is 0 Å². The first kappa shape index (κ1) is 24.0. The number of halogens is 2. The van der Waals surface area contributed by atoms with Crippen molar-refractivity contribution in [2.24, 2.45) is 0 Å². The Morgan fingerprint density at radius 2 is 1.91 bits per heavy atom. The fourth-order valence-corrected chi connectivity index (χ4v) is 4.20. The van der Waals surface area contributed by atoms with E-state index in [1.807, 2.05) is 25.7 Å². The molecule has 34 heavy (non-hydrogen) atoms. The third-order valence-electron chi connectivity index (χ3n) is 5.52. The molecular weight excluding hydrogens is 458 g/mol. The molecule has 0 radical (unpaired) electrons. The van der Waals surface area contributed by atoms with Gasteiger partial charge in [0.25, 0.3) is 5.89 Å². The van der Waals surface area contributed by atoms with E-state index in [2.05, 4.69) is 15.5 Å². The molecule has 1 aliphatic heterocycles. The summed E-state index contributed by atoms with van der Waals surface area (Å²) in [5.41, 5.74) is 2.87.